The van der Waals surface area contributed by atoms with Gasteiger partial charge in [0.2, 0.25) is 10.0 Å². The molecule has 0 radical (unpaired) electrons. The molecule has 0 atom stereocenters. The van der Waals surface area contributed by atoms with Crippen LogP contribution in [0.4, 0.5) is 0 Å². The predicted molar refractivity (Wildman–Crippen MR) is 78.2 cm³/mol. The Balaban J connectivity index is 3.13. The van der Waals surface area contributed by atoms with Crippen LogP contribution in [0.15, 0.2) is 27.6 Å². The molecule has 18 heavy (non-hydrogen) atoms. The number of nitrogens with zero attached hydrogens (tertiary/aromatic N) is 1. The van der Waals surface area contributed by atoms with E-state index in [0.717, 1.165) is 22.9 Å². The van der Waals surface area contributed by atoms with Crippen LogP contribution < -0.4 is 0 Å². The molecule has 0 amide bonds. The SMILES string of the molecule is CCCN(CCC)S(=O)(=O)c1ccc(Br)c(C)c1. The summed E-state index contributed by atoms with van der Waals surface area (Å²) in [6.07, 6.45) is 1.66. The Labute approximate surface area is 118 Å². The molecule has 0 saturated carbocycles. The lowest BCUT2D eigenvalue weighted by molar-refractivity contribution is 0.410. The van der Waals surface area contributed by atoms with Gasteiger partial charge >= 0.3 is 0 Å². The maximum Gasteiger partial charge on any atom is 0.243 e. The minimum Gasteiger partial charge on any atom is -0.207 e. The molecule has 0 aliphatic carbocycles. The summed E-state index contributed by atoms with van der Waals surface area (Å²) in [6, 6.07) is 5.17. The predicted octanol–water partition coefficient (Wildman–Crippen LogP) is 3.57. The van der Waals surface area contributed by atoms with Crippen LogP contribution in [0.3, 0.4) is 0 Å². The molecule has 0 bridgehead atoms. The maximum atomic E-state index is 12.5. The Morgan fingerprint density at radius 2 is 1.72 bits per heavy atom. The number of benzene rings is 1. The minimum atomic E-state index is -3.35. The number of aryl methyl sites for hydroxylation is 1. The fourth-order valence-corrected chi connectivity index (χ4v) is 3.73. The minimum absolute atomic E-state index is 0.380. The molecule has 1 rings (SSSR count). The van der Waals surface area contributed by atoms with Crippen LogP contribution in [0, 0.1) is 6.92 Å². The zero-order valence-electron chi connectivity index (χ0n) is 11.1. The Hall–Kier alpha value is -0.390. The van der Waals surface area contributed by atoms with Gasteiger partial charge in [0, 0.05) is 17.6 Å². The molecule has 0 unspecified atom stereocenters. The van der Waals surface area contributed by atoms with Crippen LogP contribution in [-0.4, -0.2) is 25.8 Å². The van der Waals surface area contributed by atoms with Crippen molar-refractivity contribution < 1.29 is 8.42 Å². The molecular formula is C13H20BrNO2S. The third-order valence-corrected chi connectivity index (χ3v) is 5.50. The summed E-state index contributed by atoms with van der Waals surface area (Å²) < 4.78 is 27.5. The number of hydrogen-bond acceptors (Lipinski definition) is 2. The van der Waals surface area contributed by atoms with Gasteiger partial charge in [0.05, 0.1) is 4.90 Å². The first-order valence-corrected chi connectivity index (χ1v) is 8.43. The van der Waals surface area contributed by atoms with Gasteiger partial charge in [0.15, 0.2) is 0 Å². The summed E-state index contributed by atoms with van der Waals surface area (Å²) >= 11 is 3.39. The molecule has 0 aromatic heterocycles. The lowest BCUT2D eigenvalue weighted by Crippen LogP contribution is -2.32. The fourth-order valence-electron chi connectivity index (χ4n) is 1.78. The highest BCUT2D eigenvalue weighted by atomic mass is 79.9. The number of sulfonamides is 1. The quantitative estimate of drug-likeness (QED) is 0.798. The molecule has 5 heteroatoms. The standard InChI is InChI=1S/C13H20BrNO2S/c1-4-8-15(9-5-2)18(16,17)12-6-7-13(14)11(3)10-12/h6-7,10H,4-5,8-9H2,1-3H3. The Kier molecular flexibility index (Phi) is 5.82. The number of hydrogen-bond donors (Lipinski definition) is 0. The summed E-state index contributed by atoms with van der Waals surface area (Å²) in [4.78, 5) is 0.380. The molecule has 0 fully saturated rings. The molecule has 0 saturated heterocycles. The van der Waals surface area contributed by atoms with Crippen LogP contribution >= 0.6 is 15.9 Å². The van der Waals surface area contributed by atoms with E-state index < -0.39 is 10.0 Å². The van der Waals surface area contributed by atoms with Gasteiger partial charge in [-0.1, -0.05) is 29.8 Å². The third kappa shape index (κ3) is 3.56. The van der Waals surface area contributed by atoms with Crippen LogP contribution in [0.5, 0.6) is 0 Å². The topological polar surface area (TPSA) is 37.4 Å². The van der Waals surface area contributed by atoms with Crippen LogP contribution in [-0.2, 0) is 10.0 Å². The highest BCUT2D eigenvalue weighted by Crippen LogP contribution is 2.22. The van der Waals surface area contributed by atoms with E-state index in [-0.39, 0.29) is 0 Å². The Morgan fingerprint density at radius 3 is 2.17 bits per heavy atom. The van der Waals surface area contributed by atoms with Crippen molar-refractivity contribution in [1.82, 2.24) is 4.31 Å². The van der Waals surface area contributed by atoms with Gasteiger partial charge in [-0.3, -0.25) is 0 Å². The van der Waals surface area contributed by atoms with Crippen LogP contribution in [0.2, 0.25) is 0 Å². The summed E-state index contributed by atoms with van der Waals surface area (Å²) in [6.45, 7) is 7.03. The molecule has 0 aliphatic rings. The van der Waals surface area contributed by atoms with E-state index in [0.29, 0.717) is 18.0 Å². The molecule has 0 spiro atoms. The average molecular weight is 334 g/mol. The first-order chi connectivity index (χ1) is 8.43. The second-order valence-electron chi connectivity index (χ2n) is 4.32. The van der Waals surface area contributed by atoms with Gasteiger partial charge in [-0.15, -0.1) is 0 Å². The van der Waals surface area contributed by atoms with Gasteiger partial charge < -0.3 is 0 Å². The zero-order valence-corrected chi connectivity index (χ0v) is 13.5. The monoisotopic (exact) mass is 333 g/mol. The zero-order chi connectivity index (χ0) is 13.8. The summed E-state index contributed by atoms with van der Waals surface area (Å²) in [5, 5.41) is 0. The van der Waals surface area contributed by atoms with Crippen molar-refractivity contribution in [3.63, 3.8) is 0 Å². The molecule has 1 aromatic rings. The highest BCUT2D eigenvalue weighted by molar-refractivity contribution is 9.10. The third-order valence-electron chi connectivity index (χ3n) is 2.71. The van der Waals surface area contributed by atoms with Crippen molar-refractivity contribution >= 4 is 26.0 Å². The molecule has 1 aromatic carbocycles. The normalized spacial score (nSPS) is 12.1. The van der Waals surface area contributed by atoms with Crippen molar-refractivity contribution in [1.29, 1.82) is 0 Å². The van der Waals surface area contributed by atoms with E-state index in [1.54, 1.807) is 22.5 Å². The first-order valence-electron chi connectivity index (χ1n) is 6.19. The summed E-state index contributed by atoms with van der Waals surface area (Å²) in [5.41, 5.74) is 0.934. The largest absolute Gasteiger partial charge is 0.243 e. The number of rotatable bonds is 6. The van der Waals surface area contributed by atoms with Crippen molar-refractivity contribution in [2.24, 2.45) is 0 Å². The second kappa shape index (κ2) is 6.68. The van der Waals surface area contributed by atoms with E-state index in [1.807, 2.05) is 20.8 Å². The van der Waals surface area contributed by atoms with Gasteiger partial charge in [-0.25, -0.2) is 8.42 Å². The lowest BCUT2D eigenvalue weighted by atomic mass is 10.2. The van der Waals surface area contributed by atoms with Crippen molar-refractivity contribution in [3.8, 4) is 0 Å². The fraction of sp³-hybridized carbons (Fsp3) is 0.538. The molecule has 0 N–H and O–H groups in total. The van der Waals surface area contributed by atoms with Crippen molar-refractivity contribution in [2.45, 2.75) is 38.5 Å². The molecule has 0 heterocycles. The van der Waals surface area contributed by atoms with E-state index in [4.69, 9.17) is 0 Å². The molecular weight excluding hydrogens is 314 g/mol. The Bertz CT molecular complexity index is 494. The van der Waals surface area contributed by atoms with E-state index >= 15 is 0 Å². The van der Waals surface area contributed by atoms with Gasteiger partial charge in [-0.2, -0.15) is 4.31 Å². The molecule has 102 valence electrons. The molecule has 3 nitrogen and oxygen atoms in total. The van der Waals surface area contributed by atoms with Gasteiger partial charge in [-0.05, 0) is 43.5 Å². The second-order valence-corrected chi connectivity index (χ2v) is 7.11. The van der Waals surface area contributed by atoms with E-state index in [2.05, 4.69) is 15.9 Å². The average Bonchev–Trinajstić information content (AvgIpc) is 2.32. The summed E-state index contributed by atoms with van der Waals surface area (Å²) in [5.74, 6) is 0. The lowest BCUT2D eigenvalue weighted by Gasteiger charge is -2.21. The number of halogens is 1. The van der Waals surface area contributed by atoms with E-state index in [1.165, 1.54) is 0 Å². The highest BCUT2D eigenvalue weighted by Gasteiger charge is 2.23. The first kappa shape index (κ1) is 15.7. The summed E-state index contributed by atoms with van der Waals surface area (Å²) in [7, 11) is -3.35. The van der Waals surface area contributed by atoms with Crippen LogP contribution in [0.25, 0.3) is 0 Å². The van der Waals surface area contributed by atoms with Gasteiger partial charge in [0.1, 0.15) is 0 Å². The van der Waals surface area contributed by atoms with Gasteiger partial charge in [0.25, 0.3) is 0 Å². The van der Waals surface area contributed by atoms with Crippen molar-refractivity contribution in [2.75, 3.05) is 13.1 Å². The van der Waals surface area contributed by atoms with Crippen LogP contribution in [0.1, 0.15) is 32.3 Å². The Morgan fingerprint density at radius 1 is 1.17 bits per heavy atom. The van der Waals surface area contributed by atoms with Crippen molar-refractivity contribution in [3.05, 3.63) is 28.2 Å². The smallest absolute Gasteiger partial charge is 0.207 e. The maximum absolute atomic E-state index is 12.5. The molecule has 0 aliphatic heterocycles. The van der Waals surface area contributed by atoms with E-state index in [9.17, 15) is 8.42 Å².